The Morgan fingerprint density at radius 1 is 1.62 bits per heavy atom. The van der Waals surface area contributed by atoms with Crippen molar-refractivity contribution < 1.29 is 0 Å². The normalized spacial score (nSPS) is 10.8. The second-order valence-electron chi connectivity index (χ2n) is 3.00. The predicted octanol–water partition coefficient (Wildman–Crippen LogP) is 2.39. The number of hydrogen-bond acceptors (Lipinski definition) is 2. The van der Waals surface area contributed by atoms with Crippen molar-refractivity contribution in [3.63, 3.8) is 0 Å². The van der Waals surface area contributed by atoms with Crippen LogP contribution in [0, 0.1) is 0 Å². The Bertz CT molecular complexity index is 362. The molecule has 0 spiro atoms. The van der Waals surface area contributed by atoms with E-state index in [1.807, 2.05) is 13.8 Å². The Hall–Kier alpha value is -0.350. The number of rotatable bonds is 2. The lowest BCUT2D eigenvalue weighted by molar-refractivity contribution is 0.783. The summed E-state index contributed by atoms with van der Waals surface area (Å²) in [5.74, 6) is 0.944. The van der Waals surface area contributed by atoms with Gasteiger partial charge in [-0.05, 0) is 21.8 Å². The topological polar surface area (TPSA) is 45.8 Å². The molecule has 13 heavy (non-hydrogen) atoms. The van der Waals surface area contributed by atoms with Crippen LogP contribution in [0.4, 0.5) is 0 Å². The van der Waals surface area contributed by atoms with Gasteiger partial charge in [-0.15, -0.1) is 11.6 Å². The quantitative estimate of drug-likeness (QED) is 0.835. The minimum atomic E-state index is -0.172. The van der Waals surface area contributed by atoms with Crippen LogP contribution in [0.2, 0.25) is 0 Å². The first-order valence-electron chi connectivity index (χ1n) is 3.90. The van der Waals surface area contributed by atoms with Crippen molar-refractivity contribution >= 4 is 27.5 Å². The fraction of sp³-hybridized carbons (Fsp3) is 0.500. The molecule has 0 bridgehead atoms. The minimum Gasteiger partial charge on any atom is -0.309 e. The summed E-state index contributed by atoms with van der Waals surface area (Å²) in [4.78, 5) is 18.1. The summed E-state index contributed by atoms with van der Waals surface area (Å²) in [5, 5.41) is 0. The van der Waals surface area contributed by atoms with Crippen LogP contribution in [0.3, 0.4) is 0 Å². The van der Waals surface area contributed by atoms with Gasteiger partial charge in [0.25, 0.3) is 5.56 Å². The van der Waals surface area contributed by atoms with Crippen LogP contribution in [0.25, 0.3) is 0 Å². The van der Waals surface area contributed by atoms with Crippen LogP contribution in [0.5, 0.6) is 0 Å². The van der Waals surface area contributed by atoms with Crippen molar-refractivity contribution in [1.82, 2.24) is 9.97 Å². The summed E-state index contributed by atoms with van der Waals surface area (Å²) in [7, 11) is 0. The average molecular weight is 266 g/mol. The van der Waals surface area contributed by atoms with Crippen molar-refractivity contribution in [1.29, 1.82) is 0 Å². The van der Waals surface area contributed by atoms with E-state index in [1.54, 1.807) is 0 Å². The number of H-pyrrole nitrogens is 1. The number of nitrogens with one attached hydrogen (secondary N) is 1. The fourth-order valence-corrected chi connectivity index (χ4v) is 1.74. The molecule has 0 aliphatic carbocycles. The third-order valence-electron chi connectivity index (χ3n) is 1.61. The van der Waals surface area contributed by atoms with Gasteiger partial charge in [-0.3, -0.25) is 4.79 Å². The molecular formula is C8H10BrClN2O. The van der Waals surface area contributed by atoms with E-state index in [9.17, 15) is 4.79 Å². The highest BCUT2D eigenvalue weighted by Crippen LogP contribution is 2.18. The lowest BCUT2D eigenvalue weighted by Gasteiger charge is -2.07. The zero-order valence-electron chi connectivity index (χ0n) is 7.40. The maximum atomic E-state index is 11.3. The standard InChI is InChI=1S/C8H10BrClN2O/c1-4(2)7-6(9)8(13)12-5(3-10)11-7/h4H,3H2,1-2H3,(H,11,12,13). The minimum absolute atomic E-state index is 0.172. The molecule has 3 nitrogen and oxygen atoms in total. The Balaban J connectivity index is 3.33. The summed E-state index contributed by atoms with van der Waals surface area (Å²) >= 11 is 8.77. The summed E-state index contributed by atoms with van der Waals surface area (Å²) in [6.07, 6.45) is 0. The molecule has 0 unspecified atom stereocenters. The van der Waals surface area contributed by atoms with Crippen molar-refractivity contribution in [2.45, 2.75) is 25.6 Å². The third kappa shape index (κ3) is 2.31. The number of hydrogen-bond donors (Lipinski definition) is 1. The van der Waals surface area contributed by atoms with Crippen molar-refractivity contribution in [2.75, 3.05) is 0 Å². The highest BCUT2D eigenvalue weighted by molar-refractivity contribution is 9.10. The summed E-state index contributed by atoms with van der Waals surface area (Å²) in [5.41, 5.74) is 0.578. The SMILES string of the molecule is CC(C)c1nc(CCl)[nH]c(=O)c1Br. The van der Waals surface area contributed by atoms with Gasteiger partial charge in [0.15, 0.2) is 0 Å². The van der Waals surface area contributed by atoms with Crippen molar-refractivity contribution in [2.24, 2.45) is 0 Å². The molecule has 0 aliphatic rings. The Kier molecular flexibility index (Phi) is 3.50. The smallest absolute Gasteiger partial charge is 0.265 e. The van der Waals surface area contributed by atoms with Crippen molar-refractivity contribution in [3.05, 3.63) is 26.3 Å². The first-order valence-corrected chi connectivity index (χ1v) is 5.23. The number of aromatic nitrogens is 2. The number of halogens is 2. The maximum Gasteiger partial charge on any atom is 0.265 e. The molecule has 5 heteroatoms. The molecule has 1 N–H and O–H groups in total. The number of aromatic amines is 1. The average Bonchev–Trinajstić information content (AvgIpc) is 2.09. The van der Waals surface area contributed by atoms with E-state index >= 15 is 0 Å². The van der Waals surface area contributed by atoms with E-state index in [4.69, 9.17) is 11.6 Å². The van der Waals surface area contributed by atoms with Gasteiger partial charge in [-0.2, -0.15) is 0 Å². The number of nitrogens with zero attached hydrogens (tertiary/aromatic N) is 1. The van der Waals surface area contributed by atoms with Crippen LogP contribution in [-0.4, -0.2) is 9.97 Å². The lowest BCUT2D eigenvalue weighted by atomic mass is 10.1. The largest absolute Gasteiger partial charge is 0.309 e. The second kappa shape index (κ2) is 4.24. The van der Waals surface area contributed by atoms with Gasteiger partial charge in [0.2, 0.25) is 0 Å². The molecule has 0 aromatic carbocycles. The van der Waals surface area contributed by atoms with E-state index in [0.717, 1.165) is 5.69 Å². The van der Waals surface area contributed by atoms with Gasteiger partial charge in [-0.1, -0.05) is 13.8 Å². The van der Waals surface area contributed by atoms with E-state index < -0.39 is 0 Å². The zero-order valence-corrected chi connectivity index (χ0v) is 9.74. The molecule has 0 atom stereocenters. The molecule has 1 heterocycles. The highest BCUT2D eigenvalue weighted by Gasteiger charge is 2.11. The van der Waals surface area contributed by atoms with Gasteiger partial charge in [0.05, 0.1) is 11.6 Å². The number of alkyl halides is 1. The summed E-state index contributed by atoms with van der Waals surface area (Å²) in [6, 6.07) is 0. The Labute approximate surface area is 89.7 Å². The molecular weight excluding hydrogens is 255 g/mol. The molecule has 0 aliphatic heterocycles. The van der Waals surface area contributed by atoms with E-state index in [0.29, 0.717) is 10.3 Å². The second-order valence-corrected chi connectivity index (χ2v) is 4.06. The molecule has 0 saturated carbocycles. The monoisotopic (exact) mass is 264 g/mol. The molecule has 1 aromatic rings. The molecule has 0 fully saturated rings. The maximum absolute atomic E-state index is 11.3. The van der Waals surface area contributed by atoms with Gasteiger partial charge in [-0.25, -0.2) is 4.98 Å². The molecule has 0 radical (unpaired) electrons. The predicted molar refractivity (Wildman–Crippen MR) is 56.2 cm³/mol. The highest BCUT2D eigenvalue weighted by atomic mass is 79.9. The molecule has 0 amide bonds. The Morgan fingerprint density at radius 3 is 2.69 bits per heavy atom. The lowest BCUT2D eigenvalue weighted by Crippen LogP contribution is -2.15. The fourth-order valence-electron chi connectivity index (χ4n) is 0.971. The zero-order chi connectivity index (χ0) is 10.0. The molecule has 1 rings (SSSR count). The first-order chi connectivity index (χ1) is 6.06. The van der Waals surface area contributed by atoms with Gasteiger partial charge >= 0.3 is 0 Å². The van der Waals surface area contributed by atoms with E-state index in [-0.39, 0.29) is 17.4 Å². The molecule has 0 saturated heterocycles. The van der Waals surface area contributed by atoms with Crippen LogP contribution in [-0.2, 0) is 5.88 Å². The van der Waals surface area contributed by atoms with Crippen molar-refractivity contribution in [3.8, 4) is 0 Å². The third-order valence-corrected chi connectivity index (χ3v) is 2.63. The first kappa shape index (κ1) is 10.7. The van der Waals surface area contributed by atoms with E-state index in [1.165, 1.54) is 0 Å². The molecule has 72 valence electrons. The Morgan fingerprint density at radius 2 is 2.23 bits per heavy atom. The summed E-state index contributed by atoms with van der Waals surface area (Å²) < 4.78 is 0.497. The van der Waals surface area contributed by atoms with Gasteiger partial charge < -0.3 is 4.98 Å². The van der Waals surface area contributed by atoms with Gasteiger partial charge in [0.1, 0.15) is 10.3 Å². The van der Waals surface area contributed by atoms with Crippen LogP contribution >= 0.6 is 27.5 Å². The van der Waals surface area contributed by atoms with Crippen LogP contribution < -0.4 is 5.56 Å². The van der Waals surface area contributed by atoms with Crippen LogP contribution in [0.15, 0.2) is 9.27 Å². The molecule has 1 aromatic heterocycles. The van der Waals surface area contributed by atoms with Gasteiger partial charge in [0, 0.05) is 0 Å². The van der Waals surface area contributed by atoms with Crippen LogP contribution in [0.1, 0.15) is 31.3 Å². The summed E-state index contributed by atoms with van der Waals surface area (Å²) in [6.45, 7) is 3.95. The van der Waals surface area contributed by atoms with E-state index in [2.05, 4.69) is 25.9 Å².